The van der Waals surface area contributed by atoms with Gasteiger partial charge in [0.05, 0.1) is 31.8 Å². The summed E-state index contributed by atoms with van der Waals surface area (Å²) in [5.74, 6) is -0.682. The second kappa shape index (κ2) is 4.23. The van der Waals surface area contributed by atoms with Crippen LogP contribution in [-0.2, 0) is 14.3 Å². The summed E-state index contributed by atoms with van der Waals surface area (Å²) < 4.78 is 4.50. The number of hydrogen-bond acceptors (Lipinski definition) is 4. The summed E-state index contributed by atoms with van der Waals surface area (Å²) in [5, 5.41) is 8.86. The standard InChI is InChI=1S/C9H13NO4/c1-6(5-11)10-4-7(3-8(10)12)9(13)14-2/h4,6,11H,3,5H2,1-2H3. The van der Waals surface area contributed by atoms with Crippen molar-refractivity contribution in [2.75, 3.05) is 13.7 Å². The number of carbonyl (C=O) groups excluding carboxylic acids is 2. The van der Waals surface area contributed by atoms with Crippen LogP contribution in [-0.4, -0.2) is 41.6 Å². The number of hydrogen-bond donors (Lipinski definition) is 1. The van der Waals surface area contributed by atoms with Crippen molar-refractivity contribution >= 4 is 11.9 Å². The largest absolute Gasteiger partial charge is 0.466 e. The van der Waals surface area contributed by atoms with Gasteiger partial charge in [-0.2, -0.15) is 0 Å². The van der Waals surface area contributed by atoms with Gasteiger partial charge in [0.2, 0.25) is 5.91 Å². The number of esters is 1. The molecule has 1 aliphatic heterocycles. The van der Waals surface area contributed by atoms with Gasteiger partial charge in [-0.05, 0) is 6.92 Å². The molecule has 5 nitrogen and oxygen atoms in total. The van der Waals surface area contributed by atoms with E-state index in [1.807, 2.05) is 0 Å². The summed E-state index contributed by atoms with van der Waals surface area (Å²) in [5.41, 5.74) is 0.331. The van der Waals surface area contributed by atoms with E-state index in [1.165, 1.54) is 18.2 Å². The quantitative estimate of drug-likeness (QED) is 0.631. The van der Waals surface area contributed by atoms with Gasteiger partial charge in [-0.3, -0.25) is 4.79 Å². The van der Waals surface area contributed by atoms with Crippen molar-refractivity contribution in [1.82, 2.24) is 4.90 Å². The SMILES string of the molecule is COC(=O)C1=CN(C(C)CO)C(=O)C1. The molecular formula is C9H13NO4. The third kappa shape index (κ3) is 1.93. The summed E-state index contributed by atoms with van der Waals surface area (Å²) in [7, 11) is 1.27. The molecule has 0 aromatic carbocycles. The van der Waals surface area contributed by atoms with Crippen molar-refractivity contribution in [3.63, 3.8) is 0 Å². The fourth-order valence-electron chi connectivity index (χ4n) is 1.26. The number of aliphatic hydroxyl groups is 1. The molecule has 1 unspecified atom stereocenters. The number of rotatable bonds is 3. The van der Waals surface area contributed by atoms with Crippen LogP contribution in [0.25, 0.3) is 0 Å². The highest BCUT2D eigenvalue weighted by atomic mass is 16.5. The summed E-state index contributed by atoms with van der Waals surface area (Å²) in [6.45, 7) is 1.57. The van der Waals surface area contributed by atoms with E-state index in [9.17, 15) is 9.59 Å². The van der Waals surface area contributed by atoms with Gasteiger partial charge in [-0.15, -0.1) is 0 Å². The molecule has 0 aliphatic carbocycles. The van der Waals surface area contributed by atoms with Crippen LogP contribution >= 0.6 is 0 Å². The summed E-state index contributed by atoms with van der Waals surface area (Å²) in [6, 6.07) is -0.301. The molecule has 1 heterocycles. The number of methoxy groups -OCH3 is 1. The van der Waals surface area contributed by atoms with Crippen molar-refractivity contribution in [3.05, 3.63) is 11.8 Å². The van der Waals surface area contributed by atoms with Crippen molar-refractivity contribution in [3.8, 4) is 0 Å². The highest BCUT2D eigenvalue weighted by Gasteiger charge is 2.29. The molecule has 0 aromatic rings. The van der Waals surface area contributed by atoms with E-state index in [4.69, 9.17) is 5.11 Å². The Labute approximate surface area is 82.0 Å². The van der Waals surface area contributed by atoms with Crippen LogP contribution in [0.15, 0.2) is 11.8 Å². The fourth-order valence-corrected chi connectivity index (χ4v) is 1.26. The van der Waals surface area contributed by atoms with Crippen LogP contribution < -0.4 is 0 Å². The Balaban J connectivity index is 2.76. The molecule has 0 spiro atoms. The van der Waals surface area contributed by atoms with E-state index in [2.05, 4.69) is 4.74 Å². The van der Waals surface area contributed by atoms with Crippen LogP contribution in [0.1, 0.15) is 13.3 Å². The lowest BCUT2D eigenvalue weighted by Gasteiger charge is -2.19. The first-order valence-corrected chi connectivity index (χ1v) is 4.31. The van der Waals surface area contributed by atoms with Gasteiger partial charge in [0.1, 0.15) is 0 Å². The van der Waals surface area contributed by atoms with Crippen molar-refractivity contribution in [2.24, 2.45) is 0 Å². The van der Waals surface area contributed by atoms with Crippen LogP contribution in [0.3, 0.4) is 0 Å². The van der Waals surface area contributed by atoms with Crippen LogP contribution in [0.4, 0.5) is 0 Å². The van der Waals surface area contributed by atoms with E-state index in [0.29, 0.717) is 5.57 Å². The van der Waals surface area contributed by atoms with Crippen LogP contribution in [0.5, 0.6) is 0 Å². The zero-order chi connectivity index (χ0) is 10.7. The van der Waals surface area contributed by atoms with Gasteiger partial charge in [0.25, 0.3) is 0 Å². The lowest BCUT2D eigenvalue weighted by Crippen LogP contribution is -2.33. The first-order chi connectivity index (χ1) is 6.60. The van der Waals surface area contributed by atoms with Gasteiger partial charge in [-0.25, -0.2) is 4.79 Å². The lowest BCUT2D eigenvalue weighted by molar-refractivity contribution is -0.137. The third-order valence-corrected chi connectivity index (χ3v) is 2.11. The minimum absolute atomic E-state index is 0.0526. The first kappa shape index (κ1) is 10.7. The second-order valence-corrected chi connectivity index (χ2v) is 3.16. The Morgan fingerprint density at radius 1 is 1.79 bits per heavy atom. The molecule has 0 saturated heterocycles. The zero-order valence-electron chi connectivity index (χ0n) is 8.19. The topological polar surface area (TPSA) is 66.8 Å². The average molecular weight is 199 g/mol. The maximum absolute atomic E-state index is 11.4. The van der Waals surface area contributed by atoms with Gasteiger partial charge >= 0.3 is 5.97 Å². The van der Waals surface area contributed by atoms with Crippen molar-refractivity contribution < 1.29 is 19.4 Å². The van der Waals surface area contributed by atoms with Crippen LogP contribution in [0.2, 0.25) is 0 Å². The van der Waals surface area contributed by atoms with E-state index in [1.54, 1.807) is 6.92 Å². The Morgan fingerprint density at radius 2 is 2.43 bits per heavy atom. The molecule has 1 aliphatic rings. The Hall–Kier alpha value is -1.36. The summed E-state index contributed by atoms with van der Waals surface area (Å²) in [4.78, 5) is 23.8. The predicted octanol–water partition coefficient (Wildman–Crippen LogP) is -0.344. The highest BCUT2D eigenvalue weighted by molar-refractivity contribution is 5.98. The van der Waals surface area contributed by atoms with Gasteiger partial charge in [0.15, 0.2) is 0 Å². The molecule has 0 bridgehead atoms. The monoisotopic (exact) mass is 199 g/mol. The fraction of sp³-hybridized carbons (Fsp3) is 0.556. The second-order valence-electron chi connectivity index (χ2n) is 3.16. The molecule has 0 aromatic heterocycles. The van der Waals surface area contributed by atoms with Gasteiger partial charge in [-0.1, -0.05) is 0 Å². The van der Waals surface area contributed by atoms with Gasteiger partial charge in [0, 0.05) is 6.20 Å². The van der Waals surface area contributed by atoms with E-state index in [-0.39, 0.29) is 25.0 Å². The maximum Gasteiger partial charge on any atom is 0.335 e. The number of nitrogens with zero attached hydrogens (tertiary/aromatic N) is 1. The van der Waals surface area contributed by atoms with E-state index in [0.717, 1.165) is 0 Å². The molecule has 0 fully saturated rings. The molecule has 1 rings (SSSR count). The molecule has 5 heteroatoms. The molecule has 78 valence electrons. The molecule has 0 radical (unpaired) electrons. The van der Waals surface area contributed by atoms with Crippen molar-refractivity contribution in [2.45, 2.75) is 19.4 Å². The molecular weight excluding hydrogens is 186 g/mol. The maximum atomic E-state index is 11.4. The average Bonchev–Trinajstić information content (AvgIpc) is 2.58. The Morgan fingerprint density at radius 3 is 2.93 bits per heavy atom. The molecule has 1 N–H and O–H groups in total. The molecule has 1 atom stereocenters. The van der Waals surface area contributed by atoms with Gasteiger partial charge < -0.3 is 14.7 Å². The predicted molar refractivity (Wildman–Crippen MR) is 48.1 cm³/mol. The molecule has 1 amide bonds. The molecule has 0 saturated carbocycles. The highest BCUT2D eigenvalue weighted by Crippen LogP contribution is 2.19. The number of amides is 1. The minimum Gasteiger partial charge on any atom is -0.466 e. The minimum atomic E-state index is -0.494. The first-order valence-electron chi connectivity index (χ1n) is 4.31. The molecule has 14 heavy (non-hydrogen) atoms. The smallest absolute Gasteiger partial charge is 0.335 e. The van der Waals surface area contributed by atoms with E-state index < -0.39 is 5.97 Å². The number of carbonyl (C=O) groups is 2. The summed E-state index contributed by atoms with van der Waals surface area (Å²) in [6.07, 6.45) is 1.49. The Bertz CT molecular complexity index is 285. The zero-order valence-corrected chi connectivity index (χ0v) is 8.19. The number of aliphatic hydroxyl groups excluding tert-OH is 1. The van der Waals surface area contributed by atoms with E-state index >= 15 is 0 Å². The van der Waals surface area contributed by atoms with Crippen LogP contribution in [0, 0.1) is 0 Å². The summed E-state index contributed by atoms with van der Waals surface area (Å²) >= 11 is 0. The third-order valence-electron chi connectivity index (χ3n) is 2.11. The Kier molecular flexibility index (Phi) is 3.24. The number of ether oxygens (including phenoxy) is 1. The normalized spacial score (nSPS) is 18.1. The lowest BCUT2D eigenvalue weighted by atomic mass is 10.2. The van der Waals surface area contributed by atoms with Crippen molar-refractivity contribution in [1.29, 1.82) is 0 Å².